The van der Waals surface area contributed by atoms with Crippen molar-refractivity contribution in [3.8, 4) is 22.9 Å². The van der Waals surface area contributed by atoms with Crippen molar-refractivity contribution in [3.63, 3.8) is 0 Å². The molecule has 5 heterocycles. The summed E-state index contributed by atoms with van der Waals surface area (Å²) in [6.07, 6.45) is -0.758. The smallest absolute Gasteiger partial charge is 0.410 e. The summed E-state index contributed by atoms with van der Waals surface area (Å²) >= 11 is 7.02. The van der Waals surface area contributed by atoms with E-state index in [0.29, 0.717) is 35.6 Å². The molecule has 0 spiro atoms. The third kappa shape index (κ3) is 6.69. The molecule has 4 unspecified atom stereocenters. The van der Waals surface area contributed by atoms with Crippen LogP contribution >= 0.6 is 11.6 Å². The summed E-state index contributed by atoms with van der Waals surface area (Å²) < 4.78 is 69.5. The van der Waals surface area contributed by atoms with E-state index in [9.17, 15) is 13.6 Å². The standard InChI is InChI=1S/C39H43ClF3N5O5/c1-38(2,3)53-37(49)48-25-9-10-26(48)19-46(18-25)35-30-13-31(40)32(29-12-27(52-21-50-4)11-22-7-5-6-8-28(22)29)33(43)34(30)44-36(45-35)51-20-39-14-23(41)16-47(39)17-24(42)15-39/h5-8,11-13,23-26H,9-10,14-21H2,1-4H3/t23-,24?,25?,26?,39?/m1/s1. The predicted octanol–water partition coefficient (Wildman–Crippen LogP) is 7.72. The number of carbonyl (C=O) groups excluding carboxylic acids is 1. The fourth-order valence-electron chi connectivity index (χ4n) is 8.74. The fourth-order valence-corrected chi connectivity index (χ4v) is 9.04. The van der Waals surface area contributed by atoms with E-state index in [1.807, 2.05) is 60.9 Å². The van der Waals surface area contributed by atoms with Gasteiger partial charge in [-0.1, -0.05) is 35.9 Å². The van der Waals surface area contributed by atoms with Crippen LogP contribution in [0.5, 0.6) is 11.8 Å². The van der Waals surface area contributed by atoms with Gasteiger partial charge in [0.15, 0.2) is 12.6 Å². The second kappa shape index (κ2) is 13.7. The maximum Gasteiger partial charge on any atom is 0.410 e. The van der Waals surface area contributed by atoms with Crippen LogP contribution in [0, 0.1) is 5.82 Å². The van der Waals surface area contributed by atoms with E-state index >= 15 is 4.39 Å². The first-order valence-corrected chi connectivity index (χ1v) is 18.5. The van der Waals surface area contributed by atoms with Crippen LogP contribution in [0.1, 0.15) is 46.5 Å². The van der Waals surface area contributed by atoms with Crippen LogP contribution in [-0.4, -0.2) is 108 Å². The number of halogens is 4. The van der Waals surface area contributed by atoms with Gasteiger partial charge < -0.3 is 23.8 Å². The summed E-state index contributed by atoms with van der Waals surface area (Å²) in [7, 11) is 1.52. The Morgan fingerprint density at radius 3 is 2.34 bits per heavy atom. The number of ether oxygens (including phenoxy) is 4. The van der Waals surface area contributed by atoms with Crippen LogP contribution in [0.4, 0.5) is 23.8 Å². The van der Waals surface area contributed by atoms with E-state index in [0.717, 1.165) is 23.6 Å². The zero-order valence-corrected chi connectivity index (χ0v) is 31.0. The monoisotopic (exact) mass is 753 g/mol. The van der Waals surface area contributed by atoms with Crippen molar-refractivity contribution >= 4 is 45.2 Å². The van der Waals surface area contributed by atoms with Crippen molar-refractivity contribution in [2.75, 3.05) is 51.6 Å². The number of anilines is 1. The number of rotatable bonds is 8. The van der Waals surface area contributed by atoms with Gasteiger partial charge in [-0.15, -0.1) is 0 Å². The molecule has 1 aromatic heterocycles. The van der Waals surface area contributed by atoms with Gasteiger partial charge in [0, 0.05) is 57.1 Å². The SMILES string of the molecule is COCOc1cc(-c2c(Cl)cc3c(N4CC5CCC(C4)N5C(=O)OC(C)(C)C)nc(OCC45CC(F)CN4C[C@H](F)C5)nc3c2F)c2ccccc2c1. The van der Waals surface area contributed by atoms with Crippen LogP contribution < -0.4 is 14.4 Å². The third-order valence-corrected chi connectivity index (χ3v) is 11.2. The van der Waals surface area contributed by atoms with E-state index in [2.05, 4.69) is 4.98 Å². The summed E-state index contributed by atoms with van der Waals surface area (Å²) in [6.45, 7) is 6.56. The Balaban J connectivity index is 1.23. The first-order chi connectivity index (χ1) is 25.3. The Morgan fingerprint density at radius 1 is 0.962 bits per heavy atom. The van der Waals surface area contributed by atoms with E-state index in [4.69, 9.17) is 35.5 Å². The molecule has 2 bridgehead atoms. The zero-order chi connectivity index (χ0) is 37.2. The van der Waals surface area contributed by atoms with Crippen LogP contribution in [0.3, 0.4) is 0 Å². The van der Waals surface area contributed by atoms with Gasteiger partial charge in [0.05, 0.1) is 22.6 Å². The molecule has 4 fully saturated rings. The highest BCUT2D eigenvalue weighted by molar-refractivity contribution is 6.35. The predicted molar refractivity (Wildman–Crippen MR) is 196 cm³/mol. The maximum absolute atomic E-state index is 17.3. The molecule has 282 valence electrons. The number of aromatic nitrogens is 2. The molecule has 4 aliphatic heterocycles. The number of fused-ring (bicyclic) bond motifs is 5. The van der Waals surface area contributed by atoms with Gasteiger partial charge in [-0.3, -0.25) is 9.80 Å². The Morgan fingerprint density at radius 2 is 1.66 bits per heavy atom. The van der Waals surface area contributed by atoms with Crippen LogP contribution in [0.2, 0.25) is 5.02 Å². The van der Waals surface area contributed by atoms with Crippen LogP contribution in [0.15, 0.2) is 42.5 Å². The number of benzene rings is 3. The minimum absolute atomic E-state index is 0.00258. The lowest BCUT2D eigenvalue weighted by Crippen LogP contribution is -2.57. The molecule has 1 amide bonds. The number of amides is 1. The molecule has 5 atom stereocenters. The Bertz CT molecular complexity index is 2040. The van der Waals surface area contributed by atoms with Gasteiger partial charge in [-0.25, -0.2) is 18.0 Å². The van der Waals surface area contributed by atoms with Gasteiger partial charge in [0.2, 0.25) is 0 Å². The molecule has 3 aromatic carbocycles. The molecule has 4 aromatic rings. The first kappa shape index (κ1) is 35.9. The van der Waals surface area contributed by atoms with E-state index in [-0.39, 0.29) is 79.6 Å². The molecule has 14 heteroatoms. The zero-order valence-electron chi connectivity index (χ0n) is 30.2. The van der Waals surface area contributed by atoms with Gasteiger partial charge in [-0.05, 0) is 68.1 Å². The minimum atomic E-state index is -1.10. The lowest BCUT2D eigenvalue weighted by atomic mass is 9.94. The molecule has 0 radical (unpaired) electrons. The normalized spacial score (nSPS) is 25.7. The minimum Gasteiger partial charge on any atom is -0.468 e. The van der Waals surface area contributed by atoms with Gasteiger partial charge in [-0.2, -0.15) is 9.97 Å². The van der Waals surface area contributed by atoms with Crippen molar-refractivity contribution in [2.45, 2.75) is 82.0 Å². The summed E-state index contributed by atoms with van der Waals surface area (Å²) in [5, 5.41) is 2.08. The van der Waals surface area contributed by atoms with E-state index in [1.165, 1.54) is 7.11 Å². The van der Waals surface area contributed by atoms with Crippen LogP contribution in [0.25, 0.3) is 32.8 Å². The van der Waals surface area contributed by atoms with E-state index < -0.39 is 29.3 Å². The number of alkyl halides is 2. The molecular formula is C39H43ClF3N5O5. The molecule has 10 nitrogen and oxygen atoms in total. The molecular weight excluding hydrogens is 711 g/mol. The summed E-state index contributed by atoms with van der Waals surface area (Å²) in [4.78, 5) is 28.4. The Labute approximate surface area is 311 Å². The lowest BCUT2D eigenvalue weighted by Gasteiger charge is -2.42. The lowest BCUT2D eigenvalue weighted by molar-refractivity contribution is 0.0122. The molecule has 8 rings (SSSR count). The fraction of sp³-hybridized carbons (Fsp3) is 0.513. The summed E-state index contributed by atoms with van der Waals surface area (Å²) in [5.41, 5.74) is -0.883. The molecule has 4 aliphatic rings. The second-order valence-corrected chi connectivity index (χ2v) is 16.1. The number of methoxy groups -OCH3 is 1. The summed E-state index contributed by atoms with van der Waals surface area (Å²) in [5.74, 6) is 0.190. The average Bonchev–Trinajstić information content (AvgIpc) is 3.67. The Kier molecular flexibility index (Phi) is 9.26. The second-order valence-electron chi connectivity index (χ2n) is 15.7. The highest BCUT2D eigenvalue weighted by Gasteiger charge is 2.53. The molecule has 0 aliphatic carbocycles. The van der Waals surface area contributed by atoms with Crippen molar-refractivity contribution in [2.24, 2.45) is 0 Å². The topological polar surface area (TPSA) is 89.5 Å². The highest BCUT2D eigenvalue weighted by Crippen LogP contribution is 2.45. The quantitative estimate of drug-likeness (QED) is 0.168. The number of carbonyl (C=O) groups is 1. The van der Waals surface area contributed by atoms with Crippen molar-refractivity contribution < 1.29 is 36.9 Å². The maximum atomic E-state index is 17.3. The molecule has 0 N–H and O–H groups in total. The van der Waals surface area contributed by atoms with Gasteiger partial charge in [0.25, 0.3) is 0 Å². The largest absolute Gasteiger partial charge is 0.468 e. The Hall–Kier alpha value is -4.07. The number of piperazine rings is 1. The number of hydrogen-bond donors (Lipinski definition) is 0. The van der Waals surface area contributed by atoms with Crippen molar-refractivity contribution in [1.82, 2.24) is 19.8 Å². The number of hydrogen-bond acceptors (Lipinski definition) is 9. The molecule has 4 saturated heterocycles. The van der Waals surface area contributed by atoms with Gasteiger partial charge in [0.1, 0.15) is 41.6 Å². The van der Waals surface area contributed by atoms with Gasteiger partial charge >= 0.3 is 12.1 Å². The molecule has 0 saturated carbocycles. The highest BCUT2D eigenvalue weighted by atomic mass is 35.5. The van der Waals surface area contributed by atoms with Crippen LogP contribution in [-0.2, 0) is 9.47 Å². The third-order valence-electron chi connectivity index (χ3n) is 10.9. The van der Waals surface area contributed by atoms with E-state index in [1.54, 1.807) is 17.0 Å². The molecule has 53 heavy (non-hydrogen) atoms. The van der Waals surface area contributed by atoms with Crippen molar-refractivity contribution in [3.05, 3.63) is 53.3 Å². The number of nitrogens with zero attached hydrogens (tertiary/aromatic N) is 5. The first-order valence-electron chi connectivity index (χ1n) is 18.1. The summed E-state index contributed by atoms with van der Waals surface area (Å²) in [6, 6.07) is 12.3. The van der Waals surface area contributed by atoms with Crippen molar-refractivity contribution in [1.29, 1.82) is 0 Å². The average molecular weight is 754 g/mol.